The van der Waals surface area contributed by atoms with Crippen molar-refractivity contribution in [2.75, 3.05) is 11.5 Å². The Bertz CT molecular complexity index is 412. The highest BCUT2D eigenvalue weighted by Crippen LogP contribution is 2.49. The summed E-state index contributed by atoms with van der Waals surface area (Å²) in [5, 5.41) is -3.78. The van der Waals surface area contributed by atoms with E-state index in [2.05, 4.69) is 9.47 Å². The van der Waals surface area contributed by atoms with E-state index in [0.717, 1.165) is 12.1 Å². The van der Waals surface area contributed by atoms with Gasteiger partial charge in [-0.2, -0.15) is 13.2 Å². The molecule has 4 N–H and O–H groups in total. The van der Waals surface area contributed by atoms with Crippen LogP contribution in [0.4, 0.5) is 24.5 Å². The lowest BCUT2D eigenvalue weighted by Crippen LogP contribution is -2.51. The zero-order chi connectivity index (χ0) is 12.1. The van der Waals surface area contributed by atoms with Crippen molar-refractivity contribution in [1.82, 2.24) is 0 Å². The van der Waals surface area contributed by atoms with E-state index in [0.29, 0.717) is 0 Å². The fourth-order valence-electron chi connectivity index (χ4n) is 1.15. The minimum atomic E-state index is -4.32. The molecule has 0 fully saturated rings. The van der Waals surface area contributed by atoms with Gasteiger partial charge < -0.3 is 20.9 Å². The smallest absolute Gasteiger partial charge is 0.434 e. The van der Waals surface area contributed by atoms with Crippen molar-refractivity contribution in [2.45, 2.75) is 11.4 Å². The van der Waals surface area contributed by atoms with Crippen molar-refractivity contribution in [2.24, 2.45) is 0 Å². The molecule has 1 aliphatic heterocycles. The summed E-state index contributed by atoms with van der Waals surface area (Å²) in [4.78, 5) is 0. The van der Waals surface area contributed by atoms with E-state index < -0.39 is 17.2 Å². The van der Waals surface area contributed by atoms with E-state index in [1.165, 1.54) is 0 Å². The monoisotopic (exact) mass is 254 g/mol. The zero-order valence-corrected chi connectivity index (χ0v) is 8.39. The number of alkyl halides is 4. The average molecular weight is 255 g/mol. The van der Waals surface area contributed by atoms with E-state index in [9.17, 15) is 13.2 Å². The number of nitrogens with two attached hydrogens (primary N) is 2. The molecule has 0 aromatic heterocycles. The predicted molar refractivity (Wildman–Crippen MR) is 51.2 cm³/mol. The van der Waals surface area contributed by atoms with Gasteiger partial charge in [-0.25, -0.2) is 0 Å². The number of rotatable bonds is 0. The van der Waals surface area contributed by atoms with Crippen LogP contribution in [0.2, 0.25) is 0 Å². The van der Waals surface area contributed by atoms with Crippen molar-refractivity contribution in [3.63, 3.8) is 0 Å². The SMILES string of the molecule is Nc1cc2c(cc1N)OC(F)(Cl)C(F)(F)O2. The molecule has 1 aliphatic rings. The number of benzene rings is 1. The van der Waals surface area contributed by atoms with E-state index in [4.69, 9.17) is 23.1 Å². The third kappa shape index (κ3) is 1.47. The van der Waals surface area contributed by atoms with Crippen LogP contribution in [0.5, 0.6) is 11.5 Å². The highest BCUT2D eigenvalue weighted by molar-refractivity contribution is 6.22. The lowest BCUT2D eigenvalue weighted by atomic mass is 10.2. The van der Waals surface area contributed by atoms with Gasteiger partial charge in [0.2, 0.25) is 0 Å². The molecule has 1 unspecified atom stereocenters. The van der Waals surface area contributed by atoms with Crippen LogP contribution in [0, 0.1) is 0 Å². The minimum absolute atomic E-state index is 0.0130. The molecule has 1 aromatic rings. The fraction of sp³-hybridized carbons (Fsp3) is 0.250. The molecule has 0 spiro atoms. The van der Waals surface area contributed by atoms with Crippen LogP contribution in [0.15, 0.2) is 12.1 Å². The van der Waals surface area contributed by atoms with Gasteiger partial charge in [0.25, 0.3) is 0 Å². The van der Waals surface area contributed by atoms with E-state index in [-0.39, 0.29) is 17.1 Å². The maximum Gasteiger partial charge on any atom is 0.488 e. The number of hydrogen-bond acceptors (Lipinski definition) is 4. The van der Waals surface area contributed by atoms with Crippen LogP contribution >= 0.6 is 11.6 Å². The molecule has 0 aliphatic carbocycles. The van der Waals surface area contributed by atoms with Gasteiger partial charge in [-0.15, -0.1) is 0 Å². The number of ether oxygens (including phenoxy) is 2. The number of fused-ring (bicyclic) bond motifs is 1. The zero-order valence-electron chi connectivity index (χ0n) is 7.64. The summed E-state index contributed by atoms with van der Waals surface area (Å²) in [5.41, 5.74) is 10.8. The van der Waals surface area contributed by atoms with Gasteiger partial charge in [-0.3, -0.25) is 0 Å². The molecular formula is C8H6ClF3N2O2. The Hall–Kier alpha value is -1.50. The van der Waals surface area contributed by atoms with Crippen molar-refractivity contribution in [3.8, 4) is 11.5 Å². The fourth-order valence-corrected chi connectivity index (χ4v) is 1.27. The second-order valence-electron chi connectivity index (χ2n) is 3.17. The summed E-state index contributed by atoms with van der Waals surface area (Å²) in [7, 11) is 0. The molecule has 0 saturated carbocycles. The second kappa shape index (κ2) is 3.00. The first-order chi connectivity index (χ1) is 7.23. The standard InChI is InChI=1S/C8H6ClF3N2O2/c9-7(10)8(11,12)16-6-2-4(14)3(13)1-5(6)15-7/h1-2H,13-14H2. The molecule has 88 valence electrons. The first kappa shape index (κ1) is 11.0. The Kier molecular flexibility index (Phi) is 2.06. The number of anilines is 2. The van der Waals surface area contributed by atoms with E-state index in [1.54, 1.807) is 0 Å². The Morgan fingerprint density at radius 3 is 1.94 bits per heavy atom. The van der Waals surface area contributed by atoms with Gasteiger partial charge in [0.05, 0.1) is 11.4 Å². The third-order valence-electron chi connectivity index (χ3n) is 1.96. The highest BCUT2D eigenvalue weighted by atomic mass is 35.5. The van der Waals surface area contributed by atoms with Crippen molar-refractivity contribution in [1.29, 1.82) is 0 Å². The summed E-state index contributed by atoms with van der Waals surface area (Å²) < 4.78 is 47.4. The van der Waals surface area contributed by atoms with Crippen LogP contribution in [0.1, 0.15) is 0 Å². The topological polar surface area (TPSA) is 70.5 Å². The summed E-state index contributed by atoms with van der Waals surface area (Å²) in [6, 6.07) is 2.06. The van der Waals surface area contributed by atoms with Crippen molar-refractivity contribution in [3.05, 3.63) is 12.1 Å². The van der Waals surface area contributed by atoms with E-state index in [1.807, 2.05) is 0 Å². The molecule has 16 heavy (non-hydrogen) atoms. The second-order valence-corrected chi connectivity index (χ2v) is 3.65. The minimum Gasteiger partial charge on any atom is -0.434 e. The summed E-state index contributed by atoms with van der Waals surface area (Å²) in [5.74, 6) is -0.763. The molecule has 0 bridgehead atoms. The van der Waals surface area contributed by atoms with Crippen molar-refractivity contribution < 1.29 is 22.6 Å². The molecule has 1 atom stereocenters. The first-order valence-corrected chi connectivity index (χ1v) is 4.43. The van der Waals surface area contributed by atoms with Crippen LogP contribution in [0.3, 0.4) is 0 Å². The predicted octanol–water partition coefficient (Wildman–Crippen LogP) is 2.08. The number of hydrogen-bond donors (Lipinski definition) is 2. The molecule has 2 rings (SSSR count). The Balaban J connectivity index is 2.52. The number of nitrogen functional groups attached to an aromatic ring is 2. The lowest BCUT2D eigenvalue weighted by molar-refractivity contribution is -0.303. The van der Waals surface area contributed by atoms with Gasteiger partial charge in [0, 0.05) is 12.1 Å². The largest absolute Gasteiger partial charge is 0.488 e. The Morgan fingerprint density at radius 1 is 1.00 bits per heavy atom. The van der Waals surface area contributed by atoms with Gasteiger partial charge in [-0.1, -0.05) is 0 Å². The summed E-state index contributed by atoms with van der Waals surface area (Å²) in [6.45, 7) is 0. The average Bonchev–Trinajstić information content (AvgIpc) is 2.10. The molecule has 1 heterocycles. The highest BCUT2D eigenvalue weighted by Gasteiger charge is 2.63. The first-order valence-electron chi connectivity index (χ1n) is 4.05. The van der Waals surface area contributed by atoms with Gasteiger partial charge in [-0.05, 0) is 11.6 Å². The van der Waals surface area contributed by atoms with Crippen LogP contribution in [-0.2, 0) is 0 Å². The maximum absolute atomic E-state index is 13.2. The third-order valence-corrected chi connectivity index (χ3v) is 2.26. The van der Waals surface area contributed by atoms with Crippen LogP contribution < -0.4 is 20.9 Å². The number of halogens is 4. The Labute approximate surface area is 92.9 Å². The maximum atomic E-state index is 13.2. The molecular weight excluding hydrogens is 249 g/mol. The van der Waals surface area contributed by atoms with Crippen LogP contribution in [0.25, 0.3) is 0 Å². The van der Waals surface area contributed by atoms with Gasteiger partial charge in [0.15, 0.2) is 11.5 Å². The lowest BCUT2D eigenvalue weighted by Gasteiger charge is -2.33. The van der Waals surface area contributed by atoms with Crippen molar-refractivity contribution >= 4 is 23.0 Å². The summed E-state index contributed by atoms with van der Waals surface area (Å²) >= 11 is 4.85. The van der Waals surface area contributed by atoms with Gasteiger partial charge >= 0.3 is 11.4 Å². The molecule has 4 nitrogen and oxygen atoms in total. The molecule has 0 amide bonds. The van der Waals surface area contributed by atoms with Crippen LogP contribution in [-0.4, -0.2) is 11.4 Å². The molecule has 0 radical (unpaired) electrons. The van der Waals surface area contributed by atoms with E-state index >= 15 is 0 Å². The molecule has 8 heteroatoms. The molecule has 1 aromatic carbocycles. The summed E-state index contributed by atoms with van der Waals surface area (Å²) in [6.07, 6.45) is -4.32. The normalized spacial score (nSPS) is 26.5. The van der Waals surface area contributed by atoms with Gasteiger partial charge in [0.1, 0.15) is 0 Å². The molecule has 0 saturated heterocycles. The Morgan fingerprint density at radius 2 is 1.44 bits per heavy atom. The quantitative estimate of drug-likeness (QED) is 0.549.